The van der Waals surface area contributed by atoms with Crippen LogP contribution in [-0.2, 0) is 18.2 Å². The highest BCUT2D eigenvalue weighted by Crippen LogP contribution is 2.29. The van der Waals surface area contributed by atoms with Crippen LogP contribution in [0.15, 0.2) is 35.1 Å². The smallest absolute Gasteiger partial charge is 0.177 e. The van der Waals surface area contributed by atoms with Crippen LogP contribution in [0, 0.1) is 5.92 Å². The Labute approximate surface area is 115 Å². The van der Waals surface area contributed by atoms with Gasteiger partial charge >= 0.3 is 0 Å². The number of aromatic nitrogens is 2. The topological polar surface area (TPSA) is 27.1 Å². The second-order valence-corrected chi connectivity index (χ2v) is 5.42. The van der Waals surface area contributed by atoms with Crippen molar-refractivity contribution in [3.8, 4) is 11.3 Å². The molecule has 0 bridgehead atoms. The number of benzene rings is 1. The van der Waals surface area contributed by atoms with Gasteiger partial charge in [-0.05, 0) is 22.4 Å². The summed E-state index contributed by atoms with van der Waals surface area (Å²) in [5, 5.41) is 0. The number of ether oxygens (including phenoxy) is 1. The number of nitrogens with zero attached hydrogens (tertiary/aromatic N) is 2. The lowest BCUT2D eigenvalue weighted by Crippen LogP contribution is -2.29. The zero-order valence-electron chi connectivity index (χ0n) is 10.3. The van der Waals surface area contributed by atoms with Gasteiger partial charge in [0.15, 0.2) is 4.73 Å². The van der Waals surface area contributed by atoms with Gasteiger partial charge in [0.25, 0.3) is 0 Å². The van der Waals surface area contributed by atoms with Gasteiger partial charge < -0.3 is 9.30 Å². The summed E-state index contributed by atoms with van der Waals surface area (Å²) in [7, 11) is 2.04. The molecule has 0 unspecified atom stereocenters. The van der Waals surface area contributed by atoms with Crippen molar-refractivity contribution in [3.05, 3.63) is 40.8 Å². The van der Waals surface area contributed by atoms with Gasteiger partial charge in [-0.2, -0.15) is 0 Å². The van der Waals surface area contributed by atoms with Gasteiger partial charge in [0.1, 0.15) is 0 Å². The summed E-state index contributed by atoms with van der Waals surface area (Å²) in [6.07, 6.45) is 0.990. The van der Waals surface area contributed by atoms with Gasteiger partial charge in [-0.1, -0.05) is 30.3 Å². The number of hydrogen-bond donors (Lipinski definition) is 0. The first-order valence-electron chi connectivity index (χ1n) is 6.10. The van der Waals surface area contributed by atoms with Crippen molar-refractivity contribution in [1.29, 1.82) is 0 Å². The molecule has 94 valence electrons. The molecule has 0 N–H and O–H groups in total. The summed E-state index contributed by atoms with van der Waals surface area (Å²) in [6.45, 7) is 1.73. The Morgan fingerprint density at radius 1 is 1.33 bits per heavy atom. The first kappa shape index (κ1) is 11.9. The Bertz CT molecular complexity index is 546. The lowest BCUT2D eigenvalue weighted by atomic mass is 9.98. The number of imidazole rings is 1. The summed E-state index contributed by atoms with van der Waals surface area (Å²) in [4.78, 5) is 4.63. The molecule has 0 saturated carbocycles. The van der Waals surface area contributed by atoms with Crippen LogP contribution in [0.25, 0.3) is 11.3 Å². The van der Waals surface area contributed by atoms with Crippen LogP contribution in [0.4, 0.5) is 0 Å². The van der Waals surface area contributed by atoms with Crippen LogP contribution in [0.5, 0.6) is 0 Å². The van der Waals surface area contributed by atoms with E-state index < -0.39 is 0 Å². The van der Waals surface area contributed by atoms with Crippen LogP contribution in [0.1, 0.15) is 5.69 Å². The maximum Gasteiger partial charge on any atom is 0.177 e. The van der Waals surface area contributed by atoms with E-state index in [1.54, 1.807) is 0 Å². The molecule has 2 heterocycles. The van der Waals surface area contributed by atoms with E-state index in [1.165, 1.54) is 11.3 Å². The van der Waals surface area contributed by atoms with Crippen LogP contribution in [-0.4, -0.2) is 22.8 Å². The molecule has 3 rings (SSSR count). The molecular formula is C14H15BrN2O. The minimum Gasteiger partial charge on any atom is -0.381 e. The molecule has 1 fully saturated rings. The van der Waals surface area contributed by atoms with Crippen molar-refractivity contribution in [2.24, 2.45) is 13.0 Å². The lowest BCUT2D eigenvalue weighted by molar-refractivity contribution is -0.0315. The predicted octanol–water partition coefficient (Wildman–Crippen LogP) is 3.04. The van der Waals surface area contributed by atoms with Gasteiger partial charge in [-0.3, -0.25) is 0 Å². The summed E-state index contributed by atoms with van der Waals surface area (Å²) in [6, 6.07) is 10.4. The number of rotatable bonds is 3. The number of hydrogen-bond acceptors (Lipinski definition) is 2. The van der Waals surface area contributed by atoms with Crippen LogP contribution in [0.2, 0.25) is 0 Å². The van der Waals surface area contributed by atoms with Crippen LogP contribution in [0.3, 0.4) is 0 Å². The SMILES string of the molecule is Cn1c(Br)nc(CC2COC2)c1-c1ccccc1. The number of halogens is 1. The largest absolute Gasteiger partial charge is 0.381 e. The predicted molar refractivity (Wildman–Crippen MR) is 74.4 cm³/mol. The van der Waals surface area contributed by atoms with Gasteiger partial charge in [0, 0.05) is 18.5 Å². The summed E-state index contributed by atoms with van der Waals surface area (Å²) in [5.74, 6) is 0.620. The molecule has 1 aromatic heterocycles. The zero-order valence-corrected chi connectivity index (χ0v) is 11.9. The van der Waals surface area contributed by atoms with E-state index in [1.807, 2.05) is 13.1 Å². The van der Waals surface area contributed by atoms with Gasteiger partial charge in [-0.25, -0.2) is 4.98 Å². The molecule has 0 aliphatic carbocycles. The second-order valence-electron chi connectivity index (χ2n) is 4.71. The molecular weight excluding hydrogens is 292 g/mol. The fourth-order valence-electron chi connectivity index (χ4n) is 2.30. The fraction of sp³-hybridized carbons (Fsp3) is 0.357. The van der Waals surface area contributed by atoms with Crippen molar-refractivity contribution in [2.75, 3.05) is 13.2 Å². The molecule has 0 spiro atoms. The highest BCUT2D eigenvalue weighted by atomic mass is 79.9. The molecule has 1 aliphatic heterocycles. The van der Waals surface area contributed by atoms with Crippen LogP contribution < -0.4 is 0 Å². The molecule has 3 nitrogen and oxygen atoms in total. The average Bonchev–Trinajstić information content (AvgIpc) is 2.61. The van der Waals surface area contributed by atoms with E-state index >= 15 is 0 Å². The van der Waals surface area contributed by atoms with Gasteiger partial charge in [0.2, 0.25) is 0 Å². The van der Waals surface area contributed by atoms with E-state index in [-0.39, 0.29) is 0 Å². The molecule has 1 saturated heterocycles. The fourth-order valence-corrected chi connectivity index (χ4v) is 2.69. The summed E-state index contributed by atoms with van der Waals surface area (Å²) in [5.41, 5.74) is 3.58. The average molecular weight is 307 g/mol. The maximum atomic E-state index is 5.24. The molecule has 0 amide bonds. The van der Waals surface area contributed by atoms with Crippen molar-refractivity contribution < 1.29 is 4.74 Å². The Morgan fingerprint density at radius 2 is 2.06 bits per heavy atom. The third-order valence-corrected chi connectivity index (χ3v) is 4.06. The third-order valence-electron chi connectivity index (χ3n) is 3.35. The summed E-state index contributed by atoms with van der Waals surface area (Å²) < 4.78 is 8.23. The Hall–Kier alpha value is -1.13. The maximum absolute atomic E-state index is 5.24. The second kappa shape index (κ2) is 4.86. The van der Waals surface area contributed by atoms with E-state index in [0.717, 1.165) is 30.1 Å². The molecule has 1 aliphatic rings. The Kier molecular flexibility index (Phi) is 3.22. The van der Waals surface area contributed by atoms with Gasteiger partial charge in [0.05, 0.1) is 24.6 Å². The Balaban J connectivity index is 2.00. The third kappa shape index (κ3) is 2.10. The normalized spacial score (nSPS) is 15.7. The quantitative estimate of drug-likeness (QED) is 0.871. The van der Waals surface area contributed by atoms with E-state index in [2.05, 4.69) is 49.7 Å². The Morgan fingerprint density at radius 3 is 2.67 bits per heavy atom. The van der Waals surface area contributed by atoms with Crippen molar-refractivity contribution in [2.45, 2.75) is 6.42 Å². The molecule has 4 heteroatoms. The standard InChI is InChI=1S/C14H15BrN2O/c1-17-13(11-5-3-2-4-6-11)12(16-14(17)15)7-10-8-18-9-10/h2-6,10H,7-9H2,1H3. The molecule has 0 atom stereocenters. The van der Waals surface area contributed by atoms with Crippen molar-refractivity contribution in [1.82, 2.24) is 9.55 Å². The summed E-state index contributed by atoms with van der Waals surface area (Å²) >= 11 is 3.51. The van der Waals surface area contributed by atoms with Crippen molar-refractivity contribution >= 4 is 15.9 Å². The minimum absolute atomic E-state index is 0.620. The molecule has 1 aromatic carbocycles. The monoisotopic (exact) mass is 306 g/mol. The molecule has 0 radical (unpaired) electrons. The lowest BCUT2D eigenvalue weighted by Gasteiger charge is -2.25. The zero-order chi connectivity index (χ0) is 12.5. The first-order chi connectivity index (χ1) is 8.75. The van der Waals surface area contributed by atoms with E-state index in [9.17, 15) is 0 Å². The highest BCUT2D eigenvalue weighted by molar-refractivity contribution is 9.10. The van der Waals surface area contributed by atoms with Crippen LogP contribution >= 0.6 is 15.9 Å². The first-order valence-corrected chi connectivity index (χ1v) is 6.89. The highest BCUT2D eigenvalue weighted by Gasteiger charge is 2.23. The molecule has 18 heavy (non-hydrogen) atoms. The minimum atomic E-state index is 0.620. The van der Waals surface area contributed by atoms with E-state index in [4.69, 9.17) is 4.74 Å². The molecule has 2 aromatic rings. The van der Waals surface area contributed by atoms with E-state index in [0.29, 0.717) is 5.92 Å². The van der Waals surface area contributed by atoms with Gasteiger partial charge in [-0.15, -0.1) is 0 Å². The van der Waals surface area contributed by atoms with Crippen molar-refractivity contribution in [3.63, 3.8) is 0 Å².